The number of anilines is 1. The topological polar surface area (TPSA) is 49.4 Å². The Morgan fingerprint density at radius 3 is 2.67 bits per heavy atom. The number of nitrogens with one attached hydrogen (secondary N) is 1. The molecule has 0 atom stereocenters. The first-order chi connectivity index (χ1) is 9.97. The first-order valence-electron chi connectivity index (χ1n) is 6.88. The molecule has 0 aliphatic carbocycles. The van der Waals surface area contributed by atoms with Crippen LogP contribution in [-0.2, 0) is 23.1 Å². The molecule has 1 aliphatic rings. The molecule has 3 rings (SSSR count). The molecular formula is C15H18N2O2S2. The predicted octanol–water partition coefficient (Wildman–Crippen LogP) is 3.27. The highest BCUT2D eigenvalue weighted by atomic mass is 32.2. The van der Waals surface area contributed by atoms with Crippen molar-refractivity contribution < 1.29 is 8.42 Å². The van der Waals surface area contributed by atoms with Crippen molar-refractivity contribution in [3.8, 4) is 0 Å². The molecule has 0 saturated heterocycles. The summed E-state index contributed by atoms with van der Waals surface area (Å²) in [5, 5.41) is 1.77. The predicted molar refractivity (Wildman–Crippen MR) is 86.0 cm³/mol. The van der Waals surface area contributed by atoms with E-state index in [2.05, 4.69) is 29.5 Å². The number of nitrogens with zero attached hydrogens (tertiary/aromatic N) is 1. The van der Waals surface area contributed by atoms with E-state index in [9.17, 15) is 8.42 Å². The molecule has 1 N–H and O–H groups in total. The van der Waals surface area contributed by atoms with Gasteiger partial charge in [0.05, 0.1) is 5.69 Å². The molecule has 1 aromatic heterocycles. The fourth-order valence-electron chi connectivity index (χ4n) is 2.52. The van der Waals surface area contributed by atoms with Crippen LogP contribution in [0.4, 0.5) is 5.69 Å². The Morgan fingerprint density at radius 2 is 2.00 bits per heavy atom. The summed E-state index contributed by atoms with van der Waals surface area (Å²) in [5.41, 5.74) is 2.99. The van der Waals surface area contributed by atoms with E-state index in [0.717, 1.165) is 18.7 Å². The van der Waals surface area contributed by atoms with Crippen molar-refractivity contribution >= 4 is 27.0 Å². The van der Waals surface area contributed by atoms with Crippen LogP contribution in [0, 0.1) is 0 Å². The highest BCUT2D eigenvalue weighted by molar-refractivity contribution is 7.94. The number of fused-ring (bicyclic) bond motifs is 1. The zero-order valence-electron chi connectivity index (χ0n) is 12.0. The third kappa shape index (κ3) is 2.84. The smallest absolute Gasteiger partial charge is 0.271 e. The molecule has 2 aromatic rings. The lowest BCUT2D eigenvalue weighted by atomic mass is 10.1. The minimum absolute atomic E-state index is 0.346. The minimum atomic E-state index is -3.48. The maximum Gasteiger partial charge on any atom is 0.271 e. The van der Waals surface area contributed by atoms with Gasteiger partial charge in [-0.2, -0.15) is 0 Å². The highest BCUT2D eigenvalue weighted by Crippen LogP contribution is 2.32. The summed E-state index contributed by atoms with van der Waals surface area (Å²) in [4.78, 5) is 2.33. The fraction of sp³-hybridized carbons (Fsp3) is 0.333. The maximum absolute atomic E-state index is 12.4. The van der Waals surface area contributed by atoms with Crippen LogP contribution in [0.25, 0.3) is 0 Å². The monoisotopic (exact) mass is 322 g/mol. The summed E-state index contributed by atoms with van der Waals surface area (Å²) in [6, 6.07) is 9.63. The first kappa shape index (κ1) is 14.6. The molecule has 112 valence electrons. The van der Waals surface area contributed by atoms with Crippen LogP contribution < -0.4 is 4.72 Å². The van der Waals surface area contributed by atoms with E-state index in [1.54, 1.807) is 17.5 Å². The molecule has 0 radical (unpaired) electrons. The van der Waals surface area contributed by atoms with Gasteiger partial charge in [-0.3, -0.25) is 9.62 Å². The molecule has 0 fully saturated rings. The summed E-state index contributed by atoms with van der Waals surface area (Å²) in [6.07, 6.45) is 0. The van der Waals surface area contributed by atoms with Gasteiger partial charge < -0.3 is 0 Å². The molecular weight excluding hydrogens is 304 g/mol. The third-order valence-corrected chi connectivity index (χ3v) is 6.51. The quantitative estimate of drug-likeness (QED) is 0.940. The Morgan fingerprint density at radius 1 is 1.19 bits per heavy atom. The van der Waals surface area contributed by atoms with Crippen molar-refractivity contribution in [3.05, 3.63) is 46.8 Å². The van der Waals surface area contributed by atoms with E-state index in [0.29, 0.717) is 15.9 Å². The molecule has 21 heavy (non-hydrogen) atoms. The lowest BCUT2D eigenvalue weighted by Crippen LogP contribution is -2.24. The van der Waals surface area contributed by atoms with Gasteiger partial charge in [-0.15, -0.1) is 11.3 Å². The number of hydrogen-bond donors (Lipinski definition) is 1. The van der Waals surface area contributed by atoms with Crippen LogP contribution in [0.2, 0.25) is 0 Å². The maximum atomic E-state index is 12.4. The largest absolute Gasteiger partial charge is 0.292 e. The van der Waals surface area contributed by atoms with E-state index in [4.69, 9.17) is 0 Å². The number of benzene rings is 1. The molecule has 0 amide bonds. The number of hydrogen-bond acceptors (Lipinski definition) is 4. The second-order valence-corrected chi connectivity index (χ2v) is 8.34. The van der Waals surface area contributed by atoms with Crippen molar-refractivity contribution in [2.75, 3.05) is 4.72 Å². The normalized spacial score (nSPS) is 15.4. The van der Waals surface area contributed by atoms with Gasteiger partial charge in [-0.05, 0) is 42.5 Å². The van der Waals surface area contributed by atoms with Gasteiger partial charge in [0, 0.05) is 19.1 Å². The van der Waals surface area contributed by atoms with E-state index in [-0.39, 0.29) is 0 Å². The first-order valence-corrected chi connectivity index (χ1v) is 9.25. The van der Waals surface area contributed by atoms with Gasteiger partial charge in [-0.1, -0.05) is 18.2 Å². The summed E-state index contributed by atoms with van der Waals surface area (Å²) in [7, 11) is -3.48. The second-order valence-electron chi connectivity index (χ2n) is 5.48. The Hall–Kier alpha value is -1.37. The van der Waals surface area contributed by atoms with Crippen molar-refractivity contribution in [2.45, 2.75) is 37.2 Å². The van der Waals surface area contributed by atoms with Crippen molar-refractivity contribution in [3.63, 3.8) is 0 Å². The van der Waals surface area contributed by atoms with E-state index in [1.807, 2.05) is 12.1 Å². The highest BCUT2D eigenvalue weighted by Gasteiger charge is 2.25. The molecule has 0 spiro atoms. The molecule has 4 nitrogen and oxygen atoms in total. The Balaban J connectivity index is 1.91. The van der Waals surface area contributed by atoms with Crippen LogP contribution in [0.3, 0.4) is 0 Å². The average Bonchev–Trinajstić information content (AvgIpc) is 3.08. The Bertz CT molecular complexity index is 737. The van der Waals surface area contributed by atoms with Crippen LogP contribution in [0.15, 0.2) is 39.9 Å². The van der Waals surface area contributed by atoms with Gasteiger partial charge >= 0.3 is 0 Å². The minimum Gasteiger partial charge on any atom is -0.292 e. The van der Waals surface area contributed by atoms with Crippen LogP contribution in [0.5, 0.6) is 0 Å². The lowest BCUT2D eigenvalue weighted by Gasteiger charge is -2.19. The van der Waals surface area contributed by atoms with Crippen LogP contribution in [0.1, 0.15) is 25.0 Å². The number of sulfonamides is 1. The van der Waals surface area contributed by atoms with Gasteiger partial charge in [0.25, 0.3) is 10.0 Å². The van der Waals surface area contributed by atoms with Crippen molar-refractivity contribution in [2.24, 2.45) is 0 Å². The van der Waals surface area contributed by atoms with Gasteiger partial charge in [-0.25, -0.2) is 8.42 Å². The Labute approximate surface area is 129 Å². The number of thiophene rings is 1. The molecule has 0 unspecified atom stereocenters. The lowest BCUT2D eigenvalue weighted by molar-refractivity contribution is 0.227. The standard InChI is InChI=1S/C15H18N2O2S2/c1-11(2)17-9-12-5-3-6-14(13(12)10-17)16-21(18,19)15-7-4-8-20-15/h3-8,11,16H,9-10H2,1-2H3. The Kier molecular flexibility index (Phi) is 3.77. The SMILES string of the molecule is CC(C)N1Cc2cccc(NS(=O)(=O)c3cccs3)c2C1. The zero-order chi connectivity index (χ0) is 15.0. The van der Waals surface area contributed by atoms with E-state index >= 15 is 0 Å². The number of rotatable bonds is 4. The molecule has 0 bridgehead atoms. The fourth-order valence-corrected chi connectivity index (χ4v) is 4.61. The molecule has 0 saturated carbocycles. The van der Waals surface area contributed by atoms with Crippen LogP contribution >= 0.6 is 11.3 Å². The van der Waals surface area contributed by atoms with Gasteiger partial charge in [0.15, 0.2) is 0 Å². The van der Waals surface area contributed by atoms with E-state index < -0.39 is 10.0 Å². The summed E-state index contributed by atoms with van der Waals surface area (Å²) < 4.78 is 27.8. The molecule has 1 aliphatic heterocycles. The van der Waals surface area contributed by atoms with E-state index in [1.165, 1.54) is 16.9 Å². The summed E-state index contributed by atoms with van der Waals surface area (Å²) in [5.74, 6) is 0. The third-order valence-electron chi connectivity index (χ3n) is 3.74. The molecule has 2 heterocycles. The summed E-state index contributed by atoms with van der Waals surface area (Å²) in [6.45, 7) is 5.97. The molecule has 6 heteroatoms. The van der Waals surface area contributed by atoms with Gasteiger partial charge in [0.2, 0.25) is 0 Å². The van der Waals surface area contributed by atoms with Gasteiger partial charge in [0.1, 0.15) is 4.21 Å². The average molecular weight is 322 g/mol. The zero-order valence-corrected chi connectivity index (χ0v) is 13.7. The second kappa shape index (κ2) is 5.44. The molecule has 1 aromatic carbocycles. The van der Waals surface area contributed by atoms with Crippen molar-refractivity contribution in [1.29, 1.82) is 0 Å². The summed E-state index contributed by atoms with van der Waals surface area (Å²) >= 11 is 1.23. The van der Waals surface area contributed by atoms with Crippen molar-refractivity contribution in [1.82, 2.24) is 4.90 Å². The van der Waals surface area contributed by atoms with Crippen LogP contribution in [-0.4, -0.2) is 19.4 Å².